The van der Waals surface area contributed by atoms with E-state index in [-0.39, 0.29) is 5.57 Å². The first-order valence-electron chi connectivity index (χ1n) is 5.52. The fraction of sp³-hybridized carbons (Fsp3) is 0.286. The van der Waals surface area contributed by atoms with Gasteiger partial charge in [-0.25, -0.2) is 9.59 Å². The Bertz CT molecular complexity index is 537. The summed E-state index contributed by atoms with van der Waals surface area (Å²) < 4.78 is 0. The zero-order chi connectivity index (χ0) is 14.0. The van der Waals surface area contributed by atoms with Crippen LogP contribution in [0.25, 0.3) is 5.57 Å². The number of allylic oxidation sites excluding steroid dienone is 1. The zero-order valence-electron chi connectivity index (χ0n) is 10.9. The fourth-order valence-electron chi connectivity index (χ4n) is 2.07. The van der Waals surface area contributed by atoms with Crippen molar-refractivity contribution in [1.82, 2.24) is 0 Å². The Balaban J connectivity index is 3.65. The van der Waals surface area contributed by atoms with E-state index in [1.165, 1.54) is 6.92 Å². The second-order valence-corrected chi connectivity index (χ2v) is 4.31. The summed E-state index contributed by atoms with van der Waals surface area (Å²) in [5.41, 5.74) is 3.20. The monoisotopic (exact) mass is 248 g/mol. The normalized spacial score (nSPS) is 10.0. The molecule has 0 saturated heterocycles. The molecule has 1 aromatic rings. The highest BCUT2D eigenvalue weighted by Gasteiger charge is 2.22. The molecule has 0 saturated carbocycles. The maximum Gasteiger partial charge on any atom is 0.343 e. The molecule has 0 aliphatic carbocycles. The Morgan fingerprint density at radius 3 is 1.83 bits per heavy atom. The van der Waals surface area contributed by atoms with Gasteiger partial charge in [-0.1, -0.05) is 12.1 Å². The number of hydrogen-bond acceptors (Lipinski definition) is 2. The Morgan fingerprint density at radius 1 is 0.944 bits per heavy atom. The largest absolute Gasteiger partial charge is 0.477 e. The number of carboxylic acids is 2. The molecule has 0 aliphatic rings. The number of hydrogen-bond donors (Lipinski definition) is 2. The van der Waals surface area contributed by atoms with Crippen molar-refractivity contribution >= 4 is 17.5 Å². The van der Waals surface area contributed by atoms with Crippen molar-refractivity contribution in [3.8, 4) is 0 Å². The minimum absolute atomic E-state index is 0.286. The van der Waals surface area contributed by atoms with Gasteiger partial charge in [-0.2, -0.15) is 0 Å². The Labute approximate surface area is 106 Å². The SMILES string of the molecule is CC(=C(C(=O)O)C(=O)O)c1c(C)ccc(C)c1C. The van der Waals surface area contributed by atoms with Crippen LogP contribution >= 0.6 is 0 Å². The molecule has 0 aromatic heterocycles. The first-order valence-corrected chi connectivity index (χ1v) is 5.52. The third kappa shape index (κ3) is 2.42. The van der Waals surface area contributed by atoms with Crippen molar-refractivity contribution in [3.05, 3.63) is 40.0 Å². The molecule has 0 atom stereocenters. The smallest absolute Gasteiger partial charge is 0.343 e. The third-order valence-corrected chi connectivity index (χ3v) is 3.12. The summed E-state index contributed by atoms with van der Waals surface area (Å²) in [6.45, 7) is 7.15. The van der Waals surface area contributed by atoms with E-state index in [4.69, 9.17) is 10.2 Å². The maximum atomic E-state index is 11.0. The van der Waals surface area contributed by atoms with E-state index < -0.39 is 17.5 Å². The van der Waals surface area contributed by atoms with Gasteiger partial charge in [-0.3, -0.25) is 0 Å². The molecule has 1 aromatic carbocycles. The number of aliphatic carboxylic acids is 2. The maximum absolute atomic E-state index is 11.0. The van der Waals surface area contributed by atoms with Gasteiger partial charge in [0, 0.05) is 0 Å². The van der Waals surface area contributed by atoms with Gasteiger partial charge in [0.1, 0.15) is 5.57 Å². The zero-order valence-corrected chi connectivity index (χ0v) is 10.9. The summed E-state index contributed by atoms with van der Waals surface area (Å²) in [5.74, 6) is -2.83. The van der Waals surface area contributed by atoms with Crippen LogP contribution in [0.4, 0.5) is 0 Å². The Morgan fingerprint density at radius 2 is 1.39 bits per heavy atom. The topological polar surface area (TPSA) is 74.6 Å². The van der Waals surface area contributed by atoms with Gasteiger partial charge in [-0.05, 0) is 55.5 Å². The standard InChI is InChI=1S/C14H16O4/c1-7-5-6-8(2)11(9(7)3)10(4)12(13(15)16)14(17)18/h5-6H,1-4H3,(H,15,16)(H,17,18). The summed E-state index contributed by atoms with van der Waals surface area (Å²) >= 11 is 0. The van der Waals surface area contributed by atoms with Gasteiger partial charge >= 0.3 is 11.9 Å². The lowest BCUT2D eigenvalue weighted by molar-refractivity contribution is -0.140. The van der Waals surface area contributed by atoms with Crippen LogP contribution in [-0.4, -0.2) is 22.2 Å². The molecule has 0 bridgehead atoms. The molecule has 4 nitrogen and oxygen atoms in total. The minimum atomic E-state index is -1.42. The minimum Gasteiger partial charge on any atom is -0.477 e. The highest BCUT2D eigenvalue weighted by molar-refractivity contribution is 6.18. The predicted molar refractivity (Wildman–Crippen MR) is 68.5 cm³/mol. The van der Waals surface area contributed by atoms with E-state index >= 15 is 0 Å². The van der Waals surface area contributed by atoms with Crippen molar-refractivity contribution in [2.45, 2.75) is 27.7 Å². The third-order valence-electron chi connectivity index (χ3n) is 3.12. The van der Waals surface area contributed by atoms with E-state index in [2.05, 4.69) is 0 Å². The van der Waals surface area contributed by atoms with Gasteiger partial charge in [0.2, 0.25) is 0 Å². The van der Waals surface area contributed by atoms with E-state index in [9.17, 15) is 9.59 Å². The van der Waals surface area contributed by atoms with E-state index in [0.717, 1.165) is 16.7 Å². The van der Waals surface area contributed by atoms with Crippen LogP contribution in [0.5, 0.6) is 0 Å². The van der Waals surface area contributed by atoms with E-state index in [1.807, 2.05) is 32.9 Å². The summed E-state index contributed by atoms with van der Waals surface area (Å²) in [4.78, 5) is 22.0. The van der Waals surface area contributed by atoms with Crippen molar-refractivity contribution in [1.29, 1.82) is 0 Å². The van der Waals surface area contributed by atoms with Crippen LogP contribution in [-0.2, 0) is 9.59 Å². The van der Waals surface area contributed by atoms with Crippen LogP contribution in [0.2, 0.25) is 0 Å². The Kier molecular flexibility index (Phi) is 3.91. The molecule has 0 radical (unpaired) electrons. The van der Waals surface area contributed by atoms with Gasteiger partial charge < -0.3 is 10.2 Å². The molecule has 1 rings (SSSR count). The molecule has 2 N–H and O–H groups in total. The molecule has 0 spiro atoms. The Hall–Kier alpha value is -2.10. The lowest BCUT2D eigenvalue weighted by Gasteiger charge is -2.14. The van der Waals surface area contributed by atoms with Crippen molar-refractivity contribution in [2.75, 3.05) is 0 Å². The summed E-state index contributed by atoms with van der Waals surface area (Å²) in [5, 5.41) is 18.0. The number of benzene rings is 1. The summed E-state index contributed by atoms with van der Waals surface area (Å²) in [7, 11) is 0. The van der Waals surface area contributed by atoms with Crippen molar-refractivity contribution in [3.63, 3.8) is 0 Å². The molecule has 0 unspecified atom stereocenters. The van der Waals surface area contributed by atoms with Crippen LogP contribution in [0.1, 0.15) is 29.2 Å². The lowest BCUT2D eigenvalue weighted by Crippen LogP contribution is -2.14. The first-order chi connectivity index (χ1) is 8.27. The van der Waals surface area contributed by atoms with Crippen LogP contribution in [0.3, 0.4) is 0 Å². The highest BCUT2D eigenvalue weighted by atomic mass is 16.4. The number of aryl methyl sites for hydroxylation is 2. The second-order valence-electron chi connectivity index (χ2n) is 4.31. The quantitative estimate of drug-likeness (QED) is 0.489. The molecule has 0 amide bonds. The van der Waals surface area contributed by atoms with Gasteiger partial charge in [0.25, 0.3) is 0 Å². The number of carboxylic acid groups (broad SMARTS) is 2. The van der Waals surface area contributed by atoms with Crippen molar-refractivity contribution < 1.29 is 19.8 Å². The van der Waals surface area contributed by atoms with Crippen LogP contribution in [0, 0.1) is 20.8 Å². The van der Waals surface area contributed by atoms with Gasteiger partial charge in [0.05, 0.1) is 0 Å². The molecule has 0 fully saturated rings. The predicted octanol–water partition coefficient (Wildman–Crippen LogP) is 2.55. The van der Waals surface area contributed by atoms with Gasteiger partial charge in [-0.15, -0.1) is 0 Å². The molecular weight excluding hydrogens is 232 g/mol. The molecule has 0 heterocycles. The lowest BCUT2D eigenvalue weighted by atomic mass is 9.90. The molecule has 96 valence electrons. The molecule has 0 aliphatic heterocycles. The van der Waals surface area contributed by atoms with Crippen LogP contribution in [0.15, 0.2) is 17.7 Å². The number of carbonyl (C=O) groups is 2. The van der Waals surface area contributed by atoms with Gasteiger partial charge in [0.15, 0.2) is 0 Å². The average Bonchev–Trinajstić information content (AvgIpc) is 2.23. The first kappa shape index (κ1) is 14.0. The fourth-order valence-corrected chi connectivity index (χ4v) is 2.07. The van der Waals surface area contributed by atoms with E-state index in [1.54, 1.807) is 0 Å². The summed E-state index contributed by atoms with van der Waals surface area (Å²) in [6, 6.07) is 3.80. The molecular formula is C14H16O4. The number of rotatable bonds is 3. The van der Waals surface area contributed by atoms with Crippen LogP contribution < -0.4 is 0 Å². The molecule has 4 heteroatoms. The summed E-state index contributed by atoms with van der Waals surface area (Å²) in [6.07, 6.45) is 0. The molecule has 18 heavy (non-hydrogen) atoms. The average molecular weight is 248 g/mol. The second kappa shape index (κ2) is 5.04. The van der Waals surface area contributed by atoms with E-state index in [0.29, 0.717) is 5.56 Å². The van der Waals surface area contributed by atoms with Crippen molar-refractivity contribution in [2.24, 2.45) is 0 Å². The highest BCUT2D eigenvalue weighted by Crippen LogP contribution is 2.27.